The molecule has 1 fully saturated rings. The highest BCUT2D eigenvalue weighted by atomic mass is 32.1. The van der Waals surface area contributed by atoms with Gasteiger partial charge in [0.25, 0.3) is 5.91 Å². The number of thiophene rings is 1. The average molecular weight is 437 g/mol. The normalized spacial score (nSPS) is 15.0. The van der Waals surface area contributed by atoms with E-state index < -0.39 is 6.04 Å². The molecule has 0 radical (unpaired) electrons. The van der Waals surface area contributed by atoms with Gasteiger partial charge in [-0.1, -0.05) is 36.6 Å². The second kappa shape index (κ2) is 9.52. The standard InChI is InChI=1S/C25H28N2O3S/c1-17-9-12-20(13-10-17)27(23(28)16-21-8-5-15-31-21)24(22-14-11-18(2)30-22)25(29)26-19-6-3-4-7-19/h5,8-15,19,24H,3-4,6-7,16H2,1-2H3,(H,26,29)/t24-/m1/s1. The monoisotopic (exact) mass is 436 g/mol. The summed E-state index contributed by atoms with van der Waals surface area (Å²) in [5.74, 6) is 0.865. The molecule has 0 saturated heterocycles. The average Bonchev–Trinajstić information content (AvgIpc) is 3.51. The van der Waals surface area contributed by atoms with Crippen molar-refractivity contribution >= 4 is 28.8 Å². The molecule has 1 aliphatic carbocycles. The minimum absolute atomic E-state index is 0.132. The molecule has 4 rings (SSSR count). The molecule has 2 amide bonds. The van der Waals surface area contributed by atoms with Crippen LogP contribution in [0.5, 0.6) is 0 Å². The number of anilines is 1. The van der Waals surface area contributed by atoms with Crippen LogP contribution in [0, 0.1) is 13.8 Å². The number of nitrogens with zero attached hydrogens (tertiary/aromatic N) is 1. The Kier molecular flexibility index (Phi) is 6.56. The van der Waals surface area contributed by atoms with Crippen LogP contribution in [0.1, 0.15) is 53.7 Å². The number of amides is 2. The molecule has 1 aromatic carbocycles. The third kappa shape index (κ3) is 5.07. The molecule has 5 nitrogen and oxygen atoms in total. The van der Waals surface area contributed by atoms with E-state index in [0.29, 0.717) is 17.2 Å². The summed E-state index contributed by atoms with van der Waals surface area (Å²) in [5.41, 5.74) is 1.78. The van der Waals surface area contributed by atoms with Crippen molar-refractivity contribution in [1.82, 2.24) is 5.32 Å². The van der Waals surface area contributed by atoms with Crippen molar-refractivity contribution in [3.05, 3.63) is 75.9 Å². The van der Waals surface area contributed by atoms with Crippen LogP contribution >= 0.6 is 11.3 Å². The van der Waals surface area contributed by atoms with Crippen LogP contribution in [-0.2, 0) is 16.0 Å². The van der Waals surface area contributed by atoms with Gasteiger partial charge in [-0.2, -0.15) is 0 Å². The Morgan fingerprint density at radius 3 is 2.45 bits per heavy atom. The molecule has 0 bridgehead atoms. The molecule has 31 heavy (non-hydrogen) atoms. The van der Waals surface area contributed by atoms with Crippen molar-refractivity contribution in [3.63, 3.8) is 0 Å². The van der Waals surface area contributed by atoms with Crippen molar-refractivity contribution in [3.8, 4) is 0 Å². The van der Waals surface area contributed by atoms with Crippen LogP contribution in [0.2, 0.25) is 0 Å². The molecule has 0 aliphatic heterocycles. The van der Waals surface area contributed by atoms with Gasteiger partial charge in [-0.15, -0.1) is 11.3 Å². The molecule has 0 spiro atoms. The summed E-state index contributed by atoms with van der Waals surface area (Å²) in [6, 6.07) is 14.5. The maximum absolute atomic E-state index is 13.6. The summed E-state index contributed by atoms with van der Waals surface area (Å²) in [6.45, 7) is 3.85. The molecule has 1 saturated carbocycles. The van der Waals surface area contributed by atoms with Gasteiger partial charge in [-0.3, -0.25) is 14.5 Å². The smallest absolute Gasteiger partial charge is 0.251 e. The largest absolute Gasteiger partial charge is 0.464 e. The van der Waals surface area contributed by atoms with Crippen LogP contribution in [0.15, 0.2) is 58.3 Å². The van der Waals surface area contributed by atoms with E-state index in [1.54, 1.807) is 22.3 Å². The van der Waals surface area contributed by atoms with Crippen molar-refractivity contribution in [2.45, 2.75) is 58.0 Å². The first kappa shape index (κ1) is 21.4. The summed E-state index contributed by atoms with van der Waals surface area (Å²) < 4.78 is 5.89. The summed E-state index contributed by atoms with van der Waals surface area (Å²) in [7, 11) is 0. The SMILES string of the molecule is Cc1ccc(N(C(=O)Cc2cccs2)[C@@H](C(=O)NC2CCCC2)c2ccc(C)o2)cc1. The molecule has 0 unspecified atom stereocenters. The first-order valence-corrected chi connectivity index (χ1v) is 11.7. The lowest BCUT2D eigenvalue weighted by Gasteiger charge is -2.31. The number of benzene rings is 1. The second-order valence-corrected chi connectivity index (χ2v) is 9.23. The molecule has 6 heteroatoms. The zero-order valence-electron chi connectivity index (χ0n) is 18.0. The fourth-order valence-corrected chi connectivity index (χ4v) is 4.81. The Balaban J connectivity index is 1.73. The van der Waals surface area contributed by atoms with Gasteiger partial charge < -0.3 is 9.73 Å². The number of rotatable bonds is 7. The lowest BCUT2D eigenvalue weighted by atomic mass is 10.1. The van der Waals surface area contributed by atoms with E-state index >= 15 is 0 Å². The molecule has 2 heterocycles. The molecule has 2 aromatic heterocycles. The van der Waals surface area contributed by atoms with Crippen molar-refractivity contribution in [1.29, 1.82) is 0 Å². The fourth-order valence-electron chi connectivity index (χ4n) is 4.11. The van der Waals surface area contributed by atoms with E-state index in [2.05, 4.69) is 5.32 Å². The van der Waals surface area contributed by atoms with E-state index in [-0.39, 0.29) is 24.3 Å². The molecular formula is C25H28N2O3S. The molecular weight excluding hydrogens is 408 g/mol. The summed E-state index contributed by atoms with van der Waals surface area (Å²) in [4.78, 5) is 29.7. The Morgan fingerprint density at radius 1 is 1.10 bits per heavy atom. The minimum atomic E-state index is -0.857. The molecule has 1 aliphatic rings. The quantitative estimate of drug-likeness (QED) is 0.544. The number of furan rings is 1. The molecule has 1 N–H and O–H groups in total. The molecule has 162 valence electrons. The van der Waals surface area contributed by atoms with Crippen LogP contribution in [0.3, 0.4) is 0 Å². The van der Waals surface area contributed by atoms with E-state index in [4.69, 9.17) is 4.42 Å². The number of aryl methyl sites for hydroxylation is 2. The number of hydrogen-bond donors (Lipinski definition) is 1. The maximum atomic E-state index is 13.6. The first-order valence-electron chi connectivity index (χ1n) is 10.8. The van der Waals surface area contributed by atoms with Gasteiger partial charge in [-0.05, 0) is 62.4 Å². The fraction of sp³-hybridized carbons (Fsp3) is 0.360. The number of carbonyl (C=O) groups is 2. The highest BCUT2D eigenvalue weighted by Crippen LogP contribution is 2.31. The number of hydrogen-bond acceptors (Lipinski definition) is 4. The Morgan fingerprint density at radius 2 is 1.84 bits per heavy atom. The minimum Gasteiger partial charge on any atom is -0.464 e. The van der Waals surface area contributed by atoms with Crippen LogP contribution < -0.4 is 10.2 Å². The Hall–Kier alpha value is -2.86. The van der Waals surface area contributed by atoms with Crippen LogP contribution in [0.4, 0.5) is 5.69 Å². The van der Waals surface area contributed by atoms with E-state index in [0.717, 1.165) is 36.1 Å². The highest BCUT2D eigenvalue weighted by Gasteiger charge is 2.36. The van der Waals surface area contributed by atoms with Gasteiger partial charge in [0.05, 0.1) is 6.42 Å². The number of nitrogens with one attached hydrogen (secondary N) is 1. The van der Waals surface area contributed by atoms with Gasteiger partial charge in [-0.25, -0.2) is 0 Å². The zero-order valence-corrected chi connectivity index (χ0v) is 18.8. The van der Waals surface area contributed by atoms with Gasteiger partial charge in [0.1, 0.15) is 11.5 Å². The predicted octanol–water partition coefficient (Wildman–Crippen LogP) is 5.33. The summed E-state index contributed by atoms with van der Waals surface area (Å²) in [5, 5.41) is 5.13. The highest BCUT2D eigenvalue weighted by molar-refractivity contribution is 7.10. The van der Waals surface area contributed by atoms with Crippen molar-refractivity contribution in [2.75, 3.05) is 4.90 Å². The third-order valence-electron chi connectivity index (χ3n) is 5.73. The topological polar surface area (TPSA) is 62.6 Å². The molecule has 1 atom stereocenters. The summed E-state index contributed by atoms with van der Waals surface area (Å²) in [6.07, 6.45) is 4.42. The van der Waals surface area contributed by atoms with E-state index in [1.165, 1.54) is 0 Å². The lowest BCUT2D eigenvalue weighted by molar-refractivity contribution is -0.127. The predicted molar refractivity (Wildman–Crippen MR) is 123 cm³/mol. The van der Waals surface area contributed by atoms with Gasteiger partial charge in [0, 0.05) is 16.6 Å². The zero-order chi connectivity index (χ0) is 21.8. The van der Waals surface area contributed by atoms with Gasteiger partial charge >= 0.3 is 0 Å². The van der Waals surface area contributed by atoms with Crippen LogP contribution in [-0.4, -0.2) is 17.9 Å². The second-order valence-electron chi connectivity index (χ2n) is 8.20. The molecule has 3 aromatic rings. The van der Waals surface area contributed by atoms with Crippen molar-refractivity contribution < 1.29 is 14.0 Å². The lowest BCUT2D eigenvalue weighted by Crippen LogP contribution is -2.46. The van der Waals surface area contributed by atoms with E-state index in [9.17, 15) is 9.59 Å². The van der Waals surface area contributed by atoms with E-state index in [1.807, 2.05) is 61.7 Å². The van der Waals surface area contributed by atoms with Crippen molar-refractivity contribution in [2.24, 2.45) is 0 Å². The summed E-state index contributed by atoms with van der Waals surface area (Å²) >= 11 is 1.54. The third-order valence-corrected chi connectivity index (χ3v) is 6.60. The van der Waals surface area contributed by atoms with Gasteiger partial charge in [0.2, 0.25) is 5.91 Å². The maximum Gasteiger partial charge on any atom is 0.251 e. The Bertz CT molecular complexity index is 1020. The number of carbonyl (C=O) groups excluding carboxylic acids is 2. The van der Waals surface area contributed by atoms with Gasteiger partial charge in [0.15, 0.2) is 6.04 Å². The van der Waals surface area contributed by atoms with Crippen LogP contribution in [0.25, 0.3) is 0 Å². The Labute approximate surface area is 187 Å². The first-order chi connectivity index (χ1) is 15.0.